The predicted octanol–water partition coefficient (Wildman–Crippen LogP) is 4.08. The minimum atomic E-state index is -4.74. The zero-order valence-electron chi connectivity index (χ0n) is 10.9. The van der Waals surface area contributed by atoms with E-state index in [0.29, 0.717) is 23.9 Å². The number of hydrogen-bond donors (Lipinski definition) is 0. The van der Waals surface area contributed by atoms with Gasteiger partial charge in [-0.05, 0) is 30.3 Å². The maximum atomic E-state index is 13.2. The summed E-state index contributed by atoms with van der Waals surface area (Å²) >= 11 is 0. The van der Waals surface area contributed by atoms with E-state index in [-0.39, 0.29) is 5.56 Å². The van der Waals surface area contributed by atoms with E-state index in [2.05, 4.69) is 0 Å². The van der Waals surface area contributed by atoms with E-state index >= 15 is 0 Å². The minimum Gasteiger partial charge on any atom is -0.497 e. The van der Waals surface area contributed by atoms with Crippen LogP contribution in [0, 0.1) is 5.82 Å². The maximum absolute atomic E-state index is 13.2. The van der Waals surface area contributed by atoms with Gasteiger partial charge in [-0.25, -0.2) is 4.39 Å². The number of rotatable bonds is 3. The Balaban J connectivity index is 2.54. The smallest absolute Gasteiger partial charge is 0.417 e. The Morgan fingerprint density at radius 2 is 1.81 bits per heavy atom. The number of benzene rings is 2. The van der Waals surface area contributed by atoms with Gasteiger partial charge in [0.05, 0.1) is 12.7 Å². The van der Waals surface area contributed by atoms with Gasteiger partial charge in [-0.1, -0.05) is 12.1 Å². The average Bonchev–Trinajstić information content (AvgIpc) is 2.45. The fraction of sp³-hybridized carbons (Fsp3) is 0.133. The van der Waals surface area contributed by atoms with Crippen LogP contribution in [0.25, 0.3) is 0 Å². The normalized spacial score (nSPS) is 11.3. The monoisotopic (exact) mass is 298 g/mol. The van der Waals surface area contributed by atoms with Crippen LogP contribution in [0.2, 0.25) is 0 Å². The van der Waals surface area contributed by atoms with Gasteiger partial charge >= 0.3 is 6.18 Å². The summed E-state index contributed by atoms with van der Waals surface area (Å²) in [6.07, 6.45) is -4.74. The molecule has 0 fully saturated rings. The van der Waals surface area contributed by atoms with Crippen LogP contribution in [-0.2, 0) is 6.18 Å². The molecule has 110 valence electrons. The number of hydrogen-bond acceptors (Lipinski definition) is 2. The summed E-state index contributed by atoms with van der Waals surface area (Å²) in [4.78, 5) is 12.2. The van der Waals surface area contributed by atoms with Crippen LogP contribution in [0.5, 0.6) is 5.75 Å². The summed E-state index contributed by atoms with van der Waals surface area (Å²) in [6.45, 7) is 0. The van der Waals surface area contributed by atoms with Crippen LogP contribution in [0.15, 0.2) is 42.5 Å². The van der Waals surface area contributed by atoms with Crippen molar-refractivity contribution in [3.05, 3.63) is 65.0 Å². The van der Waals surface area contributed by atoms with Crippen LogP contribution >= 0.6 is 0 Å². The third kappa shape index (κ3) is 3.21. The number of alkyl halides is 3. The fourth-order valence-electron chi connectivity index (χ4n) is 1.87. The molecule has 0 N–H and O–H groups in total. The topological polar surface area (TPSA) is 26.3 Å². The molecular formula is C15H10F4O2. The summed E-state index contributed by atoms with van der Waals surface area (Å²) in [5, 5.41) is 0. The molecule has 2 aromatic rings. The molecule has 0 bridgehead atoms. The molecule has 0 spiro atoms. The second-order valence-corrected chi connectivity index (χ2v) is 4.25. The predicted molar refractivity (Wildman–Crippen MR) is 67.8 cm³/mol. The molecule has 6 heteroatoms. The molecule has 0 atom stereocenters. The Labute approximate surface area is 118 Å². The minimum absolute atomic E-state index is 0.00884. The first-order valence-electron chi connectivity index (χ1n) is 5.88. The number of carbonyl (C=O) groups is 1. The first-order chi connectivity index (χ1) is 9.82. The van der Waals surface area contributed by atoms with Crippen molar-refractivity contribution in [3.63, 3.8) is 0 Å². The molecule has 0 aromatic heterocycles. The Hall–Kier alpha value is -2.37. The quantitative estimate of drug-likeness (QED) is 0.630. The van der Waals surface area contributed by atoms with Crippen LogP contribution in [-0.4, -0.2) is 12.9 Å². The van der Waals surface area contributed by atoms with Gasteiger partial charge in [0, 0.05) is 11.1 Å². The van der Waals surface area contributed by atoms with E-state index < -0.39 is 28.9 Å². The van der Waals surface area contributed by atoms with E-state index in [4.69, 9.17) is 4.74 Å². The molecule has 0 saturated heterocycles. The van der Waals surface area contributed by atoms with Crippen molar-refractivity contribution in [1.29, 1.82) is 0 Å². The molecule has 2 nitrogen and oxygen atoms in total. The molecule has 2 aromatic carbocycles. The van der Waals surface area contributed by atoms with Gasteiger partial charge in [-0.2, -0.15) is 13.2 Å². The lowest BCUT2D eigenvalue weighted by Crippen LogP contribution is -2.14. The Kier molecular flexibility index (Phi) is 3.97. The van der Waals surface area contributed by atoms with Gasteiger partial charge in [0.15, 0.2) is 5.78 Å². The average molecular weight is 298 g/mol. The third-order valence-electron chi connectivity index (χ3n) is 2.86. The van der Waals surface area contributed by atoms with Gasteiger partial charge in [0.25, 0.3) is 0 Å². The van der Waals surface area contributed by atoms with E-state index in [1.54, 1.807) is 6.07 Å². The first kappa shape index (κ1) is 15.0. The van der Waals surface area contributed by atoms with E-state index in [0.717, 1.165) is 0 Å². The lowest BCUT2D eigenvalue weighted by Gasteiger charge is -2.12. The number of ether oxygens (including phenoxy) is 1. The van der Waals surface area contributed by atoms with Crippen molar-refractivity contribution in [2.24, 2.45) is 0 Å². The highest BCUT2D eigenvalue weighted by Gasteiger charge is 2.35. The molecule has 2 rings (SSSR count). The molecule has 0 aliphatic rings. The lowest BCUT2D eigenvalue weighted by molar-refractivity contribution is -0.137. The largest absolute Gasteiger partial charge is 0.497 e. The van der Waals surface area contributed by atoms with Crippen molar-refractivity contribution >= 4 is 5.78 Å². The Bertz CT molecular complexity index is 678. The highest BCUT2D eigenvalue weighted by atomic mass is 19.4. The van der Waals surface area contributed by atoms with Gasteiger partial charge in [-0.3, -0.25) is 4.79 Å². The van der Waals surface area contributed by atoms with Gasteiger partial charge in [0.1, 0.15) is 11.6 Å². The molecular weight excluding hydrogens is 288 g/mol. The fourth-order valence-corrected chi connectivity index (χ4v) is 1.87. The van der Waals surface area contributed by atoms with Crippen LogP contribution in [0.3, 0.4) is 0 Å². The molecule has 0 saturated carbocycles. The molecule has 0 unspecified atom stereocenters. The third-order valence-corrected chi connectivity index (χ3v) is 2.86. The second-order valence-electron chi connectivity index (χ2n) is 4.25. The zero-order chi connectivity index (χ0) is 15.6. The van der Waals surface area contributed by atoms with Crippen molar-refractivity contribution in [2.75, 3.05) is 7.11 Å². The summed E-state index contributed by atoms with van der Waals surface area (Å²) in [6, 6.07) is 7.48. The number of halogens is 4. The van der Waals surface area contributed by atoms with E-state index in [1.807, 2.05) is 0 Å². The Morgan fingerprint density at radius 3 is 2.43 bits per heavy atom. The number of ketones is 1. The second kappa shape index (κ2) is 5.55. The van der Waals surface area contributed by atoms with Crippen molar-refractivity contribution < 1.29 is 27.1 Å². The summed E-state index contributed by atoms with van der Waals surface area (Å²) in [5.74, 6) is -1.50. The number of methoxy groups -OCH3 is 1. The summed E-state index contributed by atoms with van der Waals surface area (Å²) in [5.41, 5.74) is -1.90. The first-order valence-corrected chi connectivity index (χ1v) is 5.88. The van der Waals surface area contributed by atoms with Gasteiger partial charge in [-0.15, -0.1) is 0 Å². The van der Waals surface area contributed by atoms with E-state index in [1.165, 1.54) is 25.3 Å². The van der Waals surface area contributed by atoms with E-state index in [9.17, 15) is 22.4 Å². The van der Waals surface area contributed by atoms with Gasteiger partial charge < -0.3 is 4.74 Å². The van der Waals surface area contributed by atoms with Crippen molar-refractivity contribution in [1.82, 2.24) is 0 Å². The van der Waals surface area contributed by atoms with Crippen LogP contribution in [0.4, 0.5) is 17.6 Å². The van der Waals surface area contributed by atoms with Crippen molar-refractivity contribution in [3.8, 4) is 5.75 Å². The van der Waals surface area contributed by atoms with Crippen LogP contribution in [0.1, 0.15) is 21.5 Å². The molecule has 0 aliphatic heterocycles. The molecule has 0 aliphatic carbocycles. The molecule has 21 heavy (non-hydrogen) atoms. The standard InChI is InChI=1S/C15H10F4O2/c1-21-11-4-2-3-9(7-11)14(20)12-8-10(16)5-6-13(12)15(17,18)19/h2-8H,1H3. The lowest BCUT2D eigenvalue weighted by atomic mass is 9.97. The van der Waals surface area contributed by atoms with Crippen LogP contribution < -0.4 is 4.74 Å². The molecule has 0 heterocycles. The Morgan fingerprint density at radius 1 is 1.10 bits per heavy atom. The highest BCUT2D eigenvalue weighted by Crippen LogP contribution is 2.33. The SMILES string of the molecule is COc1cccc(C(=O)c2cc(F)ccc2C(F)(F)F)c1. The summed E-state index contributed by atoms with van der Waals surface area (Å²) in [7, 11) is 1.37. The highest BCUT2D eigenvalue weighted by molar-refractivity contribution is 6.10. The van der Waals surface area contributed by atoms with Crippen molar-refractivity contribution in [2.45, 2.75) is 6.18 Å². The zero-order valence-corrected chi connectivity index (χ0v) is 10.9. The maximum Gasteiger partial charge on any atom is 0.417 e. The molecule has 0 amide bonds. The number of carbonyl (C=O) groups excluding carboxylic acids is 1. The van der Waals surface area contributed by atoms with Gasteiger partial charge in [0.2, 0.25) is 0 Å². The summed E-state index contributed by atoms with van der Waals surface area (Å²) < 4.78 is 56.8. The molecule has 0 radical (unpaired) electrons.